The summed E-state index contributed by atoms with van der Waals surface area (Å²) in [5.74, 6) is 0. The van der Waals surface area contributed by atoms with Gasteiger partial charge in [-0.25, -0.2) is 4.57 Å². The summed E-state index contributed by atoms with van der Waals surface area (Å²) in [6.45, 7) is 6.43. The average Bonchev–Trinajstić information content (AvgIpc) is 2.22. The van der Waals surface area contributed by atoms with Crippen LogP contribution in [0, 0.1) is 0 Å². The van der Waals surface area contributed by atoms with Gasteiger partial charge in [0.1, 0.15) is 6.10 Å². The lowest BCUT2D eigenvalue weighted by Crippen LogP contribution is -2.35. The van der Waals surface area contributed by atoms with Gasteiger partial charge in [0, 0.05) is 0 Å². The van der Waals surface area contributed by atoms with Crippen LogP contribution in [-0.4, -0.2) is 38.8 Å². The maximum Gasteiger partial charge on any atom is 0.475 e. The molecule has 0 N–H and O–H groups in total. The topological polar surface area (TPSA) is 63.2 Å². The van der Waals surface area contributed by atoms with Crippen molar-refractivity contribution in [2.24, 2.45) is 0 Å². The molecule has 0 atom stereocenters. The molecule has 16 heavy (non-hydrogen) atoms. The molecule has 7 heteroatoms. The van der Waals surface area contributed by atoms with Gasteiger partial charge in [-0.3, -0.25) is 13.6 Å². The Labute approximate surface area is 95.8 Å². The first-order chi connectivity index (χ1) is 7.59. The Morgan fingerprint density at radius 2 is 1.69 bits per heavy atom. The van der Waals surface area contributed by atoms with Crippen molar-refractivity contribution >= 4 is 7.82 Å². The van der Waals surface area contributed by atoms with Gasteiger partial charge in [-0.15, -0.1) is 0 Å². The third-order valence-electron chi connectivity index (χ3n) is 1.89. The van der Waals surface area contributed by atoms with Crippen LogP contribution in [0.5, 0.6) is 0 Å². The van der Waals surface area contributed by atoms with E-state index in [4.69, 9.17) is 23.0 Å². The van der Waals surface area contributed by atoms with E-state index in [9.17, 15) is 4.57 Å². The zero-order valence-electron chi connectivity index (χ0n) is 9.88. The highest BCUT2D eigenvalue weighted by Gasteiger charge is 2.32. The molecule has 0 saturated carbocycles. The minimum Gasteiger partial charge on any atom is -0.350 e. The highest BCUT2D eigenvalue weighted by molar-refractivity contribution is 7.48. The van der Waals surface area contributed by atoms with Crippen molar-refractivity contribution in [2.45, 2.75) is 33.2 Å². The van der Waals surface area contributed by atoms with Crippen LogP contribution in [0.3, 0.4) is 0 Å². The van der Waals surface area contributed by atoms with Crippen LogP contribution in [0.15, 0.2) is 0 Å². The summed E-state index contributed by atoms with van der Waals surface area (Å²) in [5, 5.41) is 0. The fourth-order valence-electron chi connectivity index (χ4n) is 1.24. The molecule has 0 unspecified atom stereocenters. The van der Waals surface area contributed by atoms with Gasteiger partial charge in [0.2, 0.25) is 0 Å². The minimum atomic E-state index is -3.47. The van der Waals surface area contributed by atoms with Crippen LogP contribution in [0.1, 0.15) is 20.8 Å². The fourth-order valence-corrected chi connectivity index (χ4v) is 2.56. The second-order valence-electron chi connectivity index (χ2n) is 3.24. The lowest BCUT2D eigenvalue weighted by atomic mass is 10.4. The Morgan fingerprint density at radius 3 is 2.12 bits per heavy atom. The number of rotatable bonds is 6. The monoisotopic (exact) mass is 254 g/mol. The number of hydrogen-bond donors (Lipinski definition) is 0. The highest BCUT2D eigenvalue weighted by Crippen LogP contribution is 2.50. The highest BCUT2D eigenvalue weighted by atomic mass is 31.2. The van der Waals surface area contributed by atoms with E-state index in [1.54, 1.807) is 20.8 Å². The van der Waals surface area contributed by atoms with E-state index in [2.05, 4.69) is 0 Å². The van der Waals surface area contributed by atoms with Gasteiger partial charge in [0.25, 0.3) is 0 Å². The molecule has 6 nitrogen and oxygen atoms in total. The van der Waals surface area contributed by atoms with Crippen LogP contribution >= 0.6 is 7.82 Å². The summed E-state index contributed by atoms with van der Waals surface area (Å²) in [5.41, 5.74) is 0. The molecule has 0 radical (unpaired) electrons. The van der Waals surface area contributed by atoms with Crippen LogP contribution in [0.25, 0.3) is 0 Å². The summed E-state index contributed by atoms with van der Waals surface area (Å²) >= 11 is 0. The van der Waals surface area contributed by atoms with Crippen molar-refractivity contribution in [3.05, 3.63) is 0 Å². The van der Waals surface area contributed by atoms with Gasteiger partial charge < -0.3 is 9.47 Å². The van der Waals surface area contributed by atoms with Crippen LogP contribution in [-0.2, 0) is 27.6 Å². The molecule has 0 aromatic heterocycles. The SMILES string of the molecule is CCOP(=O)(OCC)OC1COC(C)OC1. The normalized spacial score (nSPS) is 26.9. The number of hydrogen-bond acceptors (Lipinski definition) is 6. The van der Waals surface area contributed by atoms with Gasteiger partial charge in [-0.2, -0.15) is 0 Å². The second kappa shape index (κ2) is 6.69. The maximum atomic E-state index is 12.0. The molecule has 0 amide bonds. The lowest BCUT2D eigenvalue weighted by molar-refractivity contribution is -0.204. The largest absolute Gasteiger partial charge is 0.475 e. The van der Waals surface area contributed by atoms with E-state index in [0.29, 0.717) is 13.2 Å². The van der Waals surface area contributed by atoms with Crippen molar-refractivity contribution in [2.75, 3.05) is 26.4 Å². The molecular formula is C9H19O6P. The van der Waals surface area contributed by atoms with Gasteiger partial charge >= 0.3 is 7.82 Å². The second-order valence-corrected chi connectivity index (χ2v) is 4.87. The summed E-state index contributed by atoms with van der Waals surface area (Å²) in [4.78, 5) is 0. The number of ether oxygens (including phenoxy) is 2. The number of phosphoric ester groups is 1. The predicted octanol–water partition coefficient (Wildman–Crippen LogP) is 1.95. The van der Waals surface area contributed by atoms with E-state index in [1.807, 2.05) is 0 Å². The molecule has 1 aliphatic rings. The Bertz CT molecular complexity index is 228. The third kappa shape index (κ3) is 4.49. The summed E-state index contributed by atoms with van der Waals surface area (Å²) in [6.07, 6.45) is -0.668. The first-order valence-electron chi connectivity index (χ1n) is 5.40. The zero-order chi connectivity index (χ0) is 12.0. The Kier molecular flexibility index (Phi) is 5.89. The molecule has 0 bridgehead atoms. The van der Waals surface area contributed by atoms with Crippen molar-refractivity contribution in [1.82, 2.24) is 0 Å². The summed E-state index contributed by atoms with van der Waals surface area (Å²) < 4.78 is 37.7. The quantitative estimate of drug-likeness (QED) is 0.675. The molecule has 1 rings (SSSR count). The molecular weight excluding hydrogens is 235 g/mol. The Balaban J connectivity index is 2.45. The van der Waals surface area contributed by atoms with E-state index in [0.717, 1.165) is 0 Å². The Hall–Kier alpha value is 0.0300. The van der Waals surface area contributed by atoms with E-state index < -0.39 is 13.9 Å². The van der Waals surface area contributed by atoms with Gasteiger partial charge in [-0.1, -0.05) is 0 Å². The first kappa shape index (κ1) is 14.1. The zero-order valence-corrected chi connectivity index (χ0v) is 10.8. The molecule has 0 aliphatic carbocycles. The molecule has 0 aromatic rings. The molecule has 1 fully saturated rings. The molecule has 0 aromatic carbocycles. The molecule has 0 spiro atoms. The van der Waals surface area contributed by atoms with E-state index in [-0.39, 0.29) is 19.5 Å². The van der Waals surface area contributed by atoms with E-state index in [1.165, 1.54) is 0 Å². The van der Waals surface area contributed by atoms with Crippen molar-refractivity contribution in [3.63, 3.8) is 0 Å². The van der Waals surface area contributed by atoms with Gasteiger partial charge in [0.15, 0.2) is 6.29 Å². The van der Waals surface area contributed by atoms with Gasteiger partial charge in [0.05, 0.1) is 26.4 Å². The predicted molar refractivity (Wildman–Crippen MR) is 57.1 cm³/mol. The maximum absolute atomic E-state index is 12.0. The molecule has 1 aliphatic heterocycles. The van der Waals surface area contributed by atoms with E-state index >= 15 is 0 Å². The molecule has 1 saturated heterocycles. The first-order valence-corrected chi connectivity index (χ1v) is 6.86. The lowest BCUT2D eigenvalue weighted by Gasteiger charge is -2.29. The summed E-state index contributed by atoms with van der Waals surface area (Å²) in [6, 6.07) is 0. The van der Waals surface area contributed by atoms with Crippen LogP contribution in [0.2, 0.25) is 0 Å². The third-order valence-corrected chi connectivity index (χ3v) is 3.59. The standard InChI is InChI=1S/C9H19O6P/c1-4-13-16(10,14-5-2)15-9-6-11-8(3)12-7-9/h8-9H,4-7H2,1-3H3. The van der Waals surface area contributed by atoms with Gasteiger partial charge in [-0.05, 0) is 20.8 Å². The minimum absolute atomic E-state index is 0.251. The van der Waals surface area contributed by atoms with Crippen molar-refractivity contribution in [3.8, 4) is 0 Å². The summed E-state index contributed by atoms with van der Waals surface area (Å²) in [7, 11) is -3.47. The molecule has 96 valence electrons. The fraction of sp³-hybridized carbons (Fsp3) is 1.00. The Morgan fingerprint density at radius 1 is 1.19 bits per heavy atom. The van der Waals surface area contributed by atoms with Crippen LogP contribution < -0.4 is 0 Å². The average molecular weight is 254 g/mol. The number of phosphoric acid groups is 1. The van der Waals surface area contributed by atoms with Crippen molar-refractivity contribution < 1.29 is 27.6 Å². The van der Waals surface area contributed by atoms with Crippen molar-refractivity contribution in [1.29, 1.82) is 0 Å². The smallest absolute Gasteiger partial charge is 0.350 e. The van der Waals surface area contributed by atoms with Crippen LogP contribution in [0.4, 0.5) is 0 Å². The molecule has 1 heterocycles.